The minimum atomic E-state index is -4.45. The van der Waals surface area contributed by atoms with Crippen LogP contribution in [0.3, 0.4) is 0 Å². The molecule has 0 aliphatic carbocycles. The lowest BCUT2D eigenvalue weighted by Crippen LogP contribution is -2.04. The van der Waals surface area contributed by atoms with Crippen molar-refractivity contribution in [3.8, 4) is 6.07 Å². The van der Waals surface area contributed by atoms with Crippen LogP contribution >= 0.6 is 11.6 Å². The highest BCUT2D eigenvalue weighted by molar-refractivity contribution is 6.53. The molecule has 106 valence electrons. The van der Waals surface area contributed by atoms with Crippen molar-refractivity contribution in [3.63, 3.8) is 0 Å². The van der Waals surface area contributed by atoms with Gasteiger partial charge in [0.1, 0.15) is 6.07 Å². The summed E-state index contributed by atoms with van der Waals surface area (Å²) in [6.07, 6.45) is -4.45. The minimum Gasteiger partial charge on any atom is -0.192 e. The Labute approximate surface area is 124 Å². The molecule has 0 spiro atoms. The molecule has 0 saturated carbocycles. The lowest BCUT2D eigenvalue weighted by Gasteiger charge is -2.09. The first-order chi connectivity index (χ1) is 9.93. The van der Waals surface area contributed by atoms with Gasteiger partial charge in [0.25, 0.3) is 0 Å². The zero-order chi connectivity index (χ0) is 15.5. The number of hydrogen-bond acceptors (Lipinski definition) is 1. The van der Waals surface area contributed by atoms with Crippen molar-refractivity contribution in [1.29, 1.82) is 5.26 Å². The zero-order valence-corrected chi connectivity index (χ0v) is 11.4. The van der Waals surface area contributed by atoms with Crippen molar-refractivity contribution in [1.82, 2.24) is 0 Å². The van der Waals surface area contributed by atoms with Crippen LogP contribution in [0, 0.1) is 11.3 Å². The van der Waals surface area contributed by atoms with Gasteiger partial charge in [0.2, 0.25) is 0 Å². The van der Waals surface area contributed by atoms with Gasteiger partial charge in [0, 0.05) is 0 Å². The minimum absolute atomic E-state index is 0.00481. The molecular weight excluding hydrogens is 299 g/mol. The largest absolute Gasteiger partial charge is 0.416 e. The molecule has 0 N–H and O–H groups in total. The van der Waals surface area contributed by atoms with E-state index in [2.05, 4.69) is 0 Å². The number of rotatable bonds is 2. The maximum absolute atomic E-state index is 12.7. The molecule has 0 heterocycles. The Kier molecular flexibility index (Phi) is 4.35. The summed E-state index contributed by atoms with van der Waals surface area (Å²) in [6.45, 7) is 0. The van der Waals surface area contributed by atoms with E-state index in [1.807, 2.05) is 6.07 Å². The number of alkyl halides is 3. The molecule has 0 radical (unpaired) electrons. The highest BCUT2D eigenvalue weighted by Crippen LogP contribution is 2.34. The van der Waals surface area contributed by atoms with Gasteiger partial charge in [0.15, 0.2) is 0 Å². The number of allylic oxidation sites excluding steroid dienone is 1. The highest BCUT2D eigenvalue weighted by Gasteiger charge is 2.30. The van der Waals surface area contributed by atoms with Crippen LogP contribution < -0.4 is 0 Å². The molecule has 0 saturated heterocycles. The molecule has 2 aromatic rings. The first kappa shape index (κ1) is 15.1. The van der Waals surface area contributed by atoms with E-state index in [0.29, 0.717) is 5.56 Å². The molecule has 0 aliphatic rings. The van der Waals surface area contributed by atoms with Crippen LogP contribution in [0.2, 0.25) is 0 Å². The van der Waals surface area contributed by atoms with Gasteiger partial charge in [-0.15, -0.1) is 0 Å². The van der Waals surface area contributed by atoms with Crippen molar-refractivity contribution in [3.05, 3.63) is 71.3 Å². The van der Waals surface area contributed by atoms with Crippen LogP contribution in [-0.4, -0.2) is 0 Å². The van der Waals surface area contributed by atoms with Gasteiger partial charge >= 0.3 is 6.18 Å². The molecule has 21 heavy (non-hydrogen) atoms. The van der Waals surface area contributed by atoms with Crippen LogP contribution in [0.25, 0.3) is 10.6 Å². The Morgan fingerprint density at radius 3 is 2.14 bits per heavy atom. The fraction of sp³-hybridized carbons (Fsp3) is 0.0625. The van der Waals surface area contributed by atoms with Crippen molar-refractivity contribution in [2.45, 2.75) is 6.18 Å². The Morgan fingerprint density at radius 2 is 1.57 bits per heavy atom. The molecule has 2 aromatic carbocycles. The Bertz CT molecular complexity index is 712. The van der Waals surface area contributed by atoms with Crippen LogP contribution in [0.4, 0.5) is 13.2 Å². The summed E-state index contributed by atoms with van der Waals surface area (Å²) in [4.78, 5) is 0. The van der Waals surface area contributed by atoms with Crippen molar-refractivity contribution < 1.29 is 13.2 Å². The van der Waals surface area contributed by atoms with Crippen LogP contribution in [-0.2, 0) is 6.18 Å². The average molecular weight is 308 g/mol. The summed E-state index contributed by atoms with van der Waals surface area (Å²) in [5, 5.41) is 9.22. The summed E-state index contributed by atoms with van der Waals surface area (Å²) in [5.74, 6) is 0. The SMILES string of the molecule is N#CC(=C(Cl)c1cccc(C(F)(F)F)c1)c1ccccc1. The third-order valence-electron chi connectivity index (χ3n) is 2.84. The Balaban J connectivity index is 2.55. The second-order valence-electron chi connectivity index (χ2n) is 4.25. The summed E-state index contributed by atoms with van der Waals surface area (Å²) in [6, 6.07) is 15.1. The van der Waals surface area contributed by atoms with Crippen LogP contribution in [0.15, 0.2) is 54.6 Å². The molecular formula is C16H9ClF3N. The summed E-state index contributed by atoms with van der Waals surface area (Å²) in [5.41, 5.74) is 0.0504. The number of halogens is 4. The first-order valence-electron chi connectivity index (χ1n) is 5.96. The monoisotopic (exact) mass is 307 g/mol. The third-order valence-corrected chi connectivity index (χ3v) is 3.24. The Morgan fingerprint density at radius 1 is 0.952 bits per heavy atom. The molecule has 1 nitrogen and oxygen atoms in total. The fourth-order valence-corrected chi connectivity index (χ4v) is 2.09. The molecule has 0 bridgehead atoms. The summed E-state index contributed by atoms with van der Waals surface area (Å²) < 4.78 is 38.1. The average Bonchev–Trinajstić information content (AvgIpc) is 2.48. The van der Waals surface area contributed by atoms with E-state index < -0.39 is 11.7 Å². The van der Waals surface area contributed by atoms with E-state index in [4.69, 9.17) is 11.6 Å². The van der Waals surface area contributed by atoms with Crippen molar-refractivity contribution >= 4 is 22.2 Å². The van der Waals surface area contributed by atoms with Gasteiger partial charge in [-0.1, -0.05) is 54.1 Å². The summed E-state index contributed by atoms with van der Waals surface area (Å²) in [7, 11) is 0. The number of nitrogens with zero attached hydrogens (tertiary/aromatic N) is 1. The fourth-order valence-electron chi connectivity index (χ4n) is 1.82. The van der Waals surface area contributed by atoms with Gasteiger partial charge in [-0.25, -0.2) is 0 Å². The number of hydrogen-bond donors (Lipinski definition) is 0. The summed E-state index contributed by atoms with van der Waals surface area (Å²) >= 11 is 6.12. The van der Waals surface area contributed by atoms with Gasteiger partial charge < -0.3 is 0 Å². The zero-order valence-electron chi connectivity index (χ0n) is 10.7. The van der Waals surface area contributed by atoms with Crippen molar-refractivity contribution in [2.75, 3.05) is 0 Å². The van der Waals surface area contributed by atoms with Crippen LogP contribution in [0.5, 0.6) is 0 Å². The molecule has 0 aliphatic heterocycles. The van der Waals surface area contributed by atoms with E-state index in [0.717, 1.165) is 12.1 Å². The van der Waals surface area contributed by atoms with E-state index in [1.165, 1.54) is 12.1 Å². The van der Waals surface area contributed by atoms with E-state index >= 15 is 0 Å². The quantitative estimate of drug-likeness (QED) is 0.543. The molecule has 2 rings (SSSR count). The molecule has 0 atom stereocenters. The smallest absolute Gasteiger partial charge is 0.192 e. The second-order valence-corrected chi connectivity index (χ2v) is 4.62. The lowest BCUT2D eigenvalue weighted by molar-refractivity contribution is -0.137. The highest BCUT2D eigenvalue weighted by atomic mass is 35.5. The normalized spacial score (nSPS) is 12.5. The molecule has 5 heteroatoms. The topological polar surface area (TPSA) is 23.8 Å². The van der Waals surface area contributed by atoms with Gasteiger partial charge in [-0.3, -0.25) is 0 Å². The van der Waals surface area contributed by atoms with Crippen molar-refractivity contribution in [2.24, 2.45) is 0 Å². The molecule has 0 amide bonds. The van der Waals surface area contributed by atoms with E-state index in [1.54, 1.807) is 30.3 Å². The van der Waals surface area contributed by atoms with Gasteiger partial charge in [-0.05, 0) is 23.3 Å². The second kappa shape index (κ2) is 6.02. The van der Waals surface area contributed by atoms with E-state index in [-0.39, 0.29) is 16.2 Å². The Hall–Kier alpha value is -2.25. The number of benzene rings is 2. The maximum Gasteiger partial charge on any atom is 0.416 e. The van der Waals surface area contributed by atoms with E-state index in [9.17, 15) is 18.4 Å². The predicted octanol–water partition coefficient (Wildman–Crippen LogP) is 5.34. The maximum atomic E-state index is 12.7. The molecule has 0 unspecified atom stereocenters. The van der Waals surface area contributed by atoms with Crippen LogP contribution in [0.1, 0.15) is 16.7 Å². The third kappa shape index (κ3) is 3.45. The number of nitriles is 1. The molecule has 0 aromatic heterocycles. The van der Waals surface area contributed by atoms with Gasteiger partial charge in [-0.2, -0.15) is 18.4 Å². The predicted molar refractivity (Wildman–Crippen MR) is 76.2 cm³/mol. The lowest BCUT2D eigenvalue weighted by atomic mass is 10.0. The molecule has 0 fully saturated rings. The van der Waals surface area contributed by atoms with Gasteiger partial charge in [0.05, 0.1) is 16.2 Å². The first-order valence-corrected chi connectivity index (χ1v) is 6.34. The standard InChI is InChI=1S/C16H9ClF3N/c17-15(14(10-21)11-5-2-1-3-6-11)12-7-4-8-13(9-12)16(18,19)20/h1-9H.